The molecule has 3 aromatic heterocycles. The maximum Gasteiger partial charge on any atom is 0.341 e. The van der Waals surface area contributed by atoms with Gasteiger partial charge in [0.25, 0.3) is 5.88 Å². The zero-order valence-electron chi connectivity index (χ0n) is 18.0. The van der Waals surface area contributed by atoms with Crippen molar-refractivity contribution in [1.82, 2.24) is 29.7 Å². The third-order valence-electron chi connectivity index (χ3n) is 5.65. The lowest BCUT2D eigenvalue weighted by Gasteiger charge is -2.40. The van der Waals surface area contributed by atoms with Gasteiger partial charge in [-0.2, -0.15) is 15.5 Å². The molecule has 2 amide bonds. The molecule has 2 aliphatic rings. The number of rotatable bonds is 4. The molecule has 2 aliphatic heterocycles. The minimum atomic E-state index is -0.656. The molecule has 0 N–H and O–H groups in total. The Morgan fingerprint density at radius 3 is 2.82 bits per heavy atom. The van der Waals surface area contributed by atoms with E-state index in [1.165, 1.54) is 45.2 Å². The average Bonchev–Trinajstić information content (AvgIpc) is 3.43. The van der Waals surface area contributed by atoms with E-state index in [9.17, 15) is 18.8 Å². The summed E-state index contributed by atoms with van der Waals surface area (Å²) in [5.41, 5.74) is 1.65. The molecule has 5 heterocycles. The first kappa shape index (κ1) is 21.4. The molecule has 0 bridgehead atoms. The highest BCUT2D eigenvalue weighted by Gasteiger charge is 2.39. The predicted octanol–water partition coefficient (Wildman–Crippen LogP) is 2.64. The quantitative estimate of drug-likeness (QED) is 0.587. The van der Waals surface area contributed by atoms with Crippen LogP contribution in [0.5, 0.6) is 5.88 Å². The summed E-state index contributed by atoms with van der Waals surface area (Å²) >= 11 is 0. The highest BCUT2D eigenvalue weighted by Crippen LogP contribution is 2.31. The molecule has 0 aromatic carbocycles. The molecular formula is C22H18F2N8O2. The maximum atomic E-state index is 14.4. The predicted molar refractivity (Wildman–Crippen MR) is 114 cm³/mol. The van der Waals surface area contributed by atoms with Crippen molar-refractivity contribution in [2.45, 2.75) is 18.6 Å². The Morgan fingerprint density at radius 2 is 2.06 bits per heavy atom. The molecule has 10 nitrogen and oxygen atoms in total. The number of carbonyl (C=O) groups excluding carboxylic acids is 1. The van der Waals surface area contributed by atoms with Gasteiger partial charge < -0.3 is 9.64 Å². The van der Waals surface area contributed by atoms with Crippen LogP contribution in [0.3, 0.4) is 0 Å². The summed E-state index contributed by atoms with van der Waals surface area (Å²) in [6.07, 6.45) is 5.59. The first-order chi connectivity index (χ1) is 16.4. The van der Waals surface area contributed by atoms with E-state index in [4.69, 9.17) is 4.74 Å². The second kappa shape index (κ2) is 8.51. The number of nitriles is 1. The Bertz CT molecular complexity index is 1330. The van der Waals surface area contributed by atoms with E-state index in [2.05, 4.69) is 20.2 Å². The molecule has 0 aliphatic carbocycles. The van der Waals surface area contributed by atoms with E-state index in [1.54, 1.807) is 13.3 Å². The van der Waals surface area contributed by atoms with Crippen LogP contribution in [0.4, 0.5) is 13.6 Å². The van der Waals surface area contributed by atoms with Gasteiger partial charge >= 0.3 is 6.03 Å². The molecule has 5 rings (SSSR count). The molecule has 34 heavy (non-hydrogen) atoms. The Hall–Kier alpha value is -4.40. The molecule has 172 valence electrons. The minimum absolute atomic E-state index is 0.208. The molecule has 3 aromatic rings. The summed E-state index contributed by atoms with van der Waals surface area (Å²) in [7, 11) is 1.66. The zero-order chi connectivity index (χ0) is 23.8. The Labute approximate surface area is 192 Å². The van der Waals surface area contributed by atoms with Crippen LogP contribution in [0, 0.1) is 23.0 Å². The number of urea groups is 1. The van der Waals surface area contributed by atoms with Crippen LogP contribution in [-0.4, -0.2) is 61.1 Å². The Morgan fingerprint density at radius 1 is 1.24 bits per heavy atom. The number of aryl methyl sites for hydroxylation is 1. The number of pyridine rings is 2. The second-order valence-electron chi connectivity index (χ2n) is 7.88. The fourth-order valence-corrected chi connectivity index (χ4v) is 3.92. The summed E-state index contributed by atoms with van der Waals surface area (Å²) in [5, 5.41) is 18.7. The maximum absolute atomic E-state index is 14.4. The molecule has 0 spiro atoms. The van der Waals surface area contributed by atoms with E-state index in [1.807, 2.05) is 6.07 Å². The molecular weight excluding hydrogens is 446 g/mol. The van der Waals surface area contributed by atoms with E-state index >= 15 is 0 Å². The molecule has 1 fully saturated rings. The van der Waals surface area contributed by atoms with Crippen LogP contribution in [-0.2, 0) is 7.05 Å². The number of hydrazone groups is 1. The van der Waals surface area contributed by atoms with Gasteiger partial charge in [-0.15, -0.1) is 0 Å². The molecule has 1 saturated heterocycles. The van der Waals surface area contributed by atoms with E-state index < -0.39 is 23.8 Å². The number of likely N-dealkylation sites (tertiary alicyclic amines) is 1. The summed E-state index contributed by atoms with van der Waals surface area (Å²) in [6, 6.07) is 5.22. The number of ether oxygens (including phenoxy) is 1. The fraction of sp³-hybridized carbons (Fsp3) is 0.273. The van der Waals surface area contributed by atoms with Crippen LogP contribution in [0.2, 0.25) is 0 Å². The van der Waals surface area contributed by atoms with Crippen molar-refractivity contribution in [3.05, 3.63) is 59.6 Å². The van der Waals surface area contributed by atoms with Gasteiger partial charge in [0.15, 0.2) is 5.82 Å². The Kier molecular flexibility index (Phi) is 5.37. The van der Waals surface area contributed by atoms with Crippen molar-refractivity contribution in [3.8, 4) is 23.3 Å². The van der Waals surface area contributed by atoms with Gasteiger partial charge in [0.05, 0.1) is 42.8 Å². The highest BCUT2D eigenvalue weighted by molar-refractivity contribution is 5.79. The van der Waals surface area contributed by atoms with Crippen molar-refractivity contribution in [2.75, 3.05) is 13.1 Å². The standard InChI is InChI=1S/C22H18F2N8O2/c1-30-20(14(7-25)9-28-30)18-3-2-17(24)21(29-18)34-16-11-31(12-16)22(33)32-19(4-5-27-32)13-6-15(23)10-26-8-13/h2-3,5-6,8-10,16,19H,4,11-12H2,1H3. The number of aromatic nitrogens is 4. The first-order valence-electron chi connectivity index (χ1n) is 10.4. The van der Waals surface area contributed by atoms with Gasteiger partial charge in [-0.25, -0.2) is 23.6 Å². The van der Waals surface area contributed by atoms with E-state index in [0.717, 1.165) is 6.20 Å². The van der Waals surface area contributed by atoms with E-state index in [-0.39, 0.29) is 25.0 Å². The summed E-state index contributed by atoms with van der Waals surface area (Å²) in [4.78, 5) is 22.5. The Balaban J connectivity index is 1.25. The summed E-state index contributed by atoms with van der Waals surface area (Å²) < 4.78 is 35.1. The van der Waals surface area contributed by atoms with Gasteiger partial charge in [0, 0.05) is 25.9 Å². The zero-order valence-corrected chi connectivity index (χ0v) is 18.0. The lowest BCUT2D eigenvalue weighted by molar-refractivity contribution is 0.0231. The van der Waals surface area contributed by atoms with Crippen LogP contribution in [0.25, 0.3) is 11.4 Å². The van der Waals surface area contributed by atoms with Gasteiger partial charge in [-0.05, 0) is 23.8 Å². The topological polar surface area (TPSA) is 113 Å². The minimum Gasteiger partial charge on any atom is -0.468 e. The number of halogens is 2. The van der Waals surface area contributed by atoms with Gasteiger partial charge in [0.2, 0.25) is 0 Å². The third kappa shape index (κ3) is 3.81. The molecule has 0 saturated carbocycles. The number of hydrogen-bond donors (Lipinski definition) is 0. The third-order valence-corrected chi connectivity index (χ3v) is 5.65. The largest absolute Gasteiger partial charge is 0.468 e. The lowest BCUT2D eigenvalue weighted by Crippen LogP contribution is -2.59. The molecule has 1 unspecified atom stereocenters. The van der Waals surface area contributed by atoms with Crippen molar-refractivity contribution in [3.63, 3.8) is 0 Å². The molecule has 1 atom stereocenters. The SMILES string of the molecule is Cn1ncc(C#N)c1-c1ccc(F)c(OC2CN(C(=O)N3N=CCC3c3cncc(F)c3)C2)n1. The number of amides is 2. The second-order valence-corrected chi connectivity index (χ2v) is 7.88. The first-order valence-corrected chi connectivity index (χ1v) is 10.4. The number of carbonyl (C=O) groups is 1. The van der Waals surface area contributed by atoms with Gasteiger partial charge in [-0.1, -0.05) is 0 Å². The van der Waals surface area contributed by atoms with Crippen LogP contribution < -0.4 is 4.74 Å². The van der Waals surface area contributed by atoms with Crippen LogP contribution in [0.1, 0.15) is 23.6 Å². The monoisotopic (exact) mass is 464 g/mol. The lowest BCUT2D eigenvalue weighted by atomic mass is 10.1. The molecule has 12 heteroatoms. The van der Waals surface area contributed by atoms with Crippen molar-refractivity contribution in [2.24, 2.45) is 12.1 Å². The van der Waals surface area contributed by atoms with Crippen molar-refractivity contribution < 1.29 is 18.3 Å². The van der Waals surface area contributed by atoms with Crippen LogP contribution >= 0.6 is 0 Å². The fourth-order valence-electron chi connectivity index (χ4n) is 3.92. The summed E-state index contributed by atoms with van der Waals surface area (Å²) in [6.45, 7) is 0.416. The van der Waals surface area contributed by atoms with Gasteiger partial charge in [0.1, 0.15) is 23.7 Å². The number of nitrogens with zero attached hydrogens (tertiary/aromatic N) is 8. The highest BCUT2D eigenvalue weighted by atomic mass is 19.1. The average molecular weight is 464 g/mol. The van der Waals surface area contributed by atoms with E-state index in [0.29, 0.717) is 28.9 Å². The van der Waals surface area contributed by atoms with Gasteiger partial charge in [-0.3, -0.25) is 9.67 Å². The molecule has 0 radical (unpaired) electrons. The smallest absolute Gasteiger partial charge is 0.341 e. The normalized spacial score (nSPS) is 17.5. The van der Waals surface area contributed by atoms with Crippen LogP contribution in [0.15, 0.2) is 41.9 Å². The number of hydrogen-bond acceptors (Lipinski definition) is 7. The van der Waals surface area contributed by atoms with Crippen molar-refractivity contribution >= 4 is 12.2 Å². The summed E-state index contributed by atoms with van der Waals surface area (Å²) in [5.74, 6) is -1.36. The van der Waals surface area contributed by atoms with Crippen molar-refractivity contribution in [1.29, 1.82) is 5.26 Å².